The topological polar surface area (TPSA) is 53.5 Å². The molecule has 1 saturated heterocycles. The second kappa shape index (κ2) is 10.4. The van der Waals surface area contributed by atoms with Crippen LogP contribution in [0.3, 0.4) is 0 Å². The summed E-state index contributed by atoms with van der Waals surface area (Å²) in [5, 5.41) is 2.31. The molecular formula is C28H33N3O2S3. The fourth-order valence-corrected chi connectivity index (χ4v) is 9.83. The Hall–Kier alpha value is -2.00. The van der Waals surface area contributed by atoms with E-state index in [2.05, 4.69) is 34.1 Å². The number of nitrogens with zero attached hydrogens (tertiary/aromatic N) is 3. The molecule has 0 unspecified atom stereocenters. The second-order valence-corrected chi connectivity index (χ2v) is 14.5. The molecule has 8 heteroatoms. The summed E-state index contributed by atoms with van der Waals surface area (Å²) in [7, 11) is -3.21. The van der Waals surface area contributed by atoms with Gasteiger partial charge in [-0.15, -0.1) is 11.3 Å². The first-order valence-electron chi connectivity index (χ1n) is 13.1. The fraction of sp³-hybridized carbons (Fsp3) is 0.464. The molecule has 2 aliphatic rings. The minimum absolute atomic E-state index is 0.299. The lowest BCUT2D eigenvalue weighted by Crippen LogP contribution is -2.47. The van der Waals surface area contributed by atoms with Crippen molar-refractivity contribution in [2.75, 3.05) is 43.4 Å². The largest absolute Gasteiger partial charge is 0.353 e. The van der Waals surface area contributed by atoms with Crippen LogP contribution in [0.25, 0.3) is 20.2 Å². The van der Waals surface area contributed by atoms with E-state index in [-0.39, 0.29) is 0 Å². The summed E-state index contributed by atoms with van der Waals surface area (Å²) in [4.78, 5) is 5.04. The number of benzene rings is 2. The Labute approximate surface area is 221 Å². The van der Waals surface area contributed by atoms with Gasteiger partial charge in [0.2, 0.25) is 0 Å². The van der Waals surface area contributed by atoms with E-state index in [4.69, 9.17) is 4.37 Å². The predicted molar refractivity (Wildman–Crippen MR) is 152 cm³/mol. The Bertz CT molecular complexity index is 1400. The summed E-state index contributed by atoms with van der Waals surface area (Å²) in [6.07, 6.45) is 5.64. The molecule has 4 aromatic rings. The van der Waals surface area contributed by atoms with Crippen LogP contribution in [0.5, 0.6) is 0 Å². The Morgan fingerprint density at radius 2 is 1.56 bits per heavy atom. The van der Waals surface area contributed by atoms with Crippen LogP contribution < -0.4 is 4.90 Å². The summed E-state index contributed by atoms with van der Waals surface area (Å²) in [5.41, 5.74) is 0. The monoisotopic (exact) mass is 539 g/mol. The molecular weight excluding hydrogens is 507 g/mol. The van der Waals surface area contributed by atoms with Crippen molar-refractivity contribution in [3.8, 4) is 0 Å². The Morgan fingerprint density at radius 3 is 2.33 bits per heavy atom. The minimum atomic E-state index is -3.21. The van der Waals surface area contributed by atoms with E-state index in [1.54, 1.807) is 11.5 Å². The predicted octanol–water partition coefficient (Wildman–Crippen LogP) is 6.30. The molecule has 190 valence electrons. The van der Waals surface area contributed by atoms with Crippen LogP contribution in [-0.4, -0.2) is 56.2 Å². The molecule has 2 aromatic heterocycles. The molecule has 6 rings (SSSR count). The van der Waals surface area contributed by atoms with Crippen LogP contribution >= 0.6 is 22.9 Å². The van der Waals surface area contributed by atoms with Crippen molar-refractivity contribution in [2.24, 2.45) is 11.8 Å². The molecule has 5 nitrogen and oxygen atoms in total. The number of rotatable bonds is 7. The van der Waals surface area contributed by atoms with Crippen molar-refractivity contribution < 1.29 is 8.42 Å². The zero-order valence-corrected chi connectivity index (χ0v) is 23.0. The summed E-state index contributed by atoms with van der Waals surface area (Å²) < 4.78 is 33.7. The molecule has 0 radical (unpaired) electrons. The first-order chi connectivity index (χ1) is 17.5. The Morgan fingerprint density at radius 1 is 0.861 bits per heavy atom. The number of aromatic nitrogens is 1. The molecule has 0 spiro atoms. The highest BCUT2D eigenvalue weighted by molar-refractivity contribution is 7.93. The number of hydrogen-bond donors (Lipinski definition) is 0. The lowest BCUT2D eigenvalue weighted by molar-refractivity contribution is 0.209. The van der Waals surface area contributed by atoms with Crippen LogP contribution in [0.15, 0.2) is 58.8 Å². The molecule has 36 heavy (non-hydrogen) atoms. The van der Waals surface area contributed by atoms with Crippen molar-refractivity contribution in [3.05, 3.63) is 54.6 Å². The molecule has 1 saturated carbocycles. The number of hydrogen-bond acceptors (Lipinski definition) is 7. The zero-order chi connectivity index (χ0) is 24.5. The first kappa shape index (κ1) is 24.3. The summed E-state index contributed by atoms with van der Waals surface area (Å²) in [6, 6.07) is 18.3. The van der Waals surface area contributed by atoms with Gasteiger partial charge in [0, 0.05) is 36.3 Å². The van der Waals surface area contributed by atoms with Gasteiger partial charge >= 0.3 is 0 Å². The van der Waals surface area contributed by atoms with E-state index < -0.39 is 9.84 Å². The standard InChI is InChI=1S/C28H33N3O2S3/c32-36(33,27-19-23-5-1-3-7-25(23)34-27)20-22-11-9-21(10-12-22)13-14-30-15-17-31(18-16-30)28-24-6-2-4-8-26(24)35-29-28/h1-8,19,21-22H,9-18,20H2. The maximum absolute atomic E-state index is 13.1. The minimum Gasteiger partial charge on any atom is -0.353 e. The third-order valence-corrected chi connectivity index (χ3v) is 12.4. The molecule has 1 aliphatic carbocycles. The summed E-state index contributed by atoms with van der Waals surface area (Å²) in [6.45, 7) is 5.41. The fourth-order valence-electron chi connectivity index (χ4n) is 5.84. The normalized spacial score (nSPS) is 21.9. The third kappa shape index (κ3) is 5.19. The number of piperazine rings is 1. The van der Waals surface area contributed by atoms with Gasteiger partial charge in [-0.05, 0) is 78.8 Å². The third-order valence-electron chi connectivity index (χ3n) is 8.01. The van der Waals surface area contributed by atoms with Gasteiger partial charge in [-0.2, -0.15) is 4.37 Å². The number of sulfone groups is 1. The number of anilines is 1. The Kier molecular flexibility index (Phi) is 7.03. The van der Waals surface area contributed by atoms with Gasteiger partial charge in [0.1, 0.15) is 10.0 Å². The lowest BCUT2D eigenvalue weighted by Gasteiger charge is -2.36. The average molecular weight is 540 g/mol. The van der Waals surface area contributed by atoms with Gasteiger partial charge in [0.25, 0.3) is 0 Å². The van der Waals surface area contributed by atoms with Crippen molar-refractivity contribution in [1.82, 2.24) is 9.27 Å². The summed E-state index contributed by atoms with van der Waals surface area (Å²) in [5.74, 6) is 2.49. The van der Waals surface area contributed by atoms with E-state index in [0.29, 0.717) is 15.9 Å². The molecule has 2 fully saturated rings. The van der Waals surface area contributed by atoms with Crippen LogP contribution in [0.2, 0.25) is 0 Å². The van der Waals surface area contributed by atoms with Crippen LogP contribution in [0.1, 0.15) is 32.1 Å². The Balaban J connectivity index is 0.951. The van der Waals surface area contributed by atoms with Gasteiger partial charge < -0.3 is 4.90 Å². The average Bonchev–Trinajstić information content (AvgIpc) is 3.54. The number of fused-ring (bicyclic) bond motifs is 2. The smallest absolute Gasteiger partial charge is 0.188 e. The highest BCUT2D eigenvalue weighted by atomic mass is 32.2. The van der Waals surface area contributed by atoms with E-state index in [0.717, 1.165) is 80.2 Å². The van der Waals surface area contributed by atoms with Crippen LogP contribution in [-0.2, 0) is 9.84 Å². The van der Waals surface area contributed by atoms with Crippen LogP contribution in [0, 0.1) is 11.8 Å². The van der Waals surface area contributed by atoms with Gasteiger partial charge in [-0.3, -0.25) is 4.90 Å². The maximum Gasteiger partial charge on any atom is 0.188 e. The molecule has 1 aliphatic heterocycles. The molecule has 3 heterocycles. The second-order valence-electron chi connectivity index (χ2n) is 10.4. The number of thiophene rings is 1. The van der Waals surface area contributed by atoms with Crippen molar-refractivity contribution in [2.45, 2.75) is 36.3 Å². The highest BCUT2D eigenvalue weighted by Gasteiger charge is 2.28. The van der Waals surface area contributed by atoms with Gasteiger partial charge in [-0.25, -0.2) is 8.42 Å². The van der Waals surface area contributed by atoms with E-state index in [1.807, 2.05) is 30.3 Å². The van der Waals surface area contributed by atoms with Crippen LogP contribution in [0.4, 0.5) is 5.82 Å². The molecule has 2 aromatic carbocycles. The SMILES string of the molecule is O=S(=O)(CC1CCC(CCN2CCN(c3nsc4ccccc34)CC2)CC1)c1cc2ccccc2s1. The molecule has 0 N–H and O–H groups in total. The molecule has 0 amide bonds. The molecule has 0 bridgehead atoms. The van der Waals surface area contributed by atoms with Crippen molar-refractivity contribution >= 4 is 58.7 Å². The quantitative estimate of drug-likeness (QED) is 0.276. The summed E-state index contributed by atoms with van der Waals surface area (Å²) >= 11 is 3.01. The highest BCUT2D eigenvalue weighted by Crippen LogP contribution is 2.36. The van der Waals surface area contributed by atoms with Gasteiger partial charge in [0.05, 0.1) is 10.5 Å². The van der Waals surface area contributed by atoms with Crippen molar-refractivity contribution in [3.63, 3.8) is 0 Å². The van der Waals surface area contributed by atoms with Crippen molar-refractivity contribution in [1.29, 1.82) is 0 Å². The van der Waals surface area contributed by atoms with Gasteiger partial charge in [0.15, 0.2) is 9.84 Å². The van der Waals surface area contributed by atoms with E-state index in [1.165, 1.54) is 27.8 Å². The van der Waals surface area contributed by atoms with Gasteiger partial charge in [-0.1, -0.05) is 43.2 Å². The van der Waals surface area contributed by atoms with E-state index >= 15 is 0 Å². The van der Waals surface area contributed by atoms with E-state index in [9.17, 15) is 8.42 Å². The molecule has 0 atom stereocenters. The zero-order valence-electron chi connectivity index (χ0n) is 20.5. The first-order valence-corrected chi connectivity index (χ1v) is 16.3. The maximum atomic E-state index is 13.1. The lowest BCUT2D eigenvalue weighted by atomic mass is 9.81.